The molecular formula is C8H10N2O3S. The second kappa shape index (κ2) is 5.33. The van der Waals surface area contributed by atoms with Crippen LogP contribution in [0.1, 0.15) is 11.4 Å². The Labute approximate surface area is 84.8 Å². The summed E-state index contributed by atoms with van der Waals surface area (Å²) in [5, 5.41) is 13.3. The maximum absolute atomic E-state index is 11.0. The molecule has 0 aromatic carbocycles. The van der Waals surface area contributed by atoms with Gasteiger partial charge in [-0.2, -0.15) is 0 Å². The Balaban J connectivity index is 2.18. The van der Waals surface area contributed by atoms with E-state index in [1.165, 1.54) is 11.3 Å². The van der Waals surface area contributed by atoms with Crippen LogP contribution in [-0.2, 0) is 16.0 Å². The molecule has 0 atom stereocenters. The highest BCUT2D eigenvalue weighted by Gasteiger charge is 2.04. The Morgan fingerprint density at radius 1 is 1.57 bits per heavy atom. The summed E-state index contributed by atoms with van der Waals surface area (Å²) in [6.45, 7) is -0.323. The van der Waals surface area contributed by atoms with Crippen LogP contribution in [0.15, 0.2) is 11.6 Å². The molecule has 0 bridgehead atoms. The number of nitrogens with zero attached hydrogens (tertiary/aromatic N) is 1. The van der Waals surface area contributed by atoms with Gasteiger partial charge in [0, 0.05) is 24.4 Å². The topological polar surface area (TPSA) is 79.3 Å². The number of amides is 1. The third-order valence-corrected chi connectivity index (χ3v) is 2.33. The van der Waals surface area contributed by atoms with Gasteiger partial charge in [0.05, 0.1) is 5.01 Å². The summed E-state index contributed by atoms with van der Waals surface area (Å²) in [4.78, 5) is 25.2. The lowest BCUT2D eigenvalue weighted by Crippen LogP contribution is -2.29. The summed E-state index contributed by atoms with van der Waals surface area (Å²) in [6, 6.07) is 0. The van der Waals surface area contributed by atoms with Gasteiger partial charge in [-0.25, -0.2) is 4.98 Å². The summed E-state index contributed by atoms with van der Waals surface area (Å²) in [5.41, 5.74) is 0. The third-order valence-electron chi connectivity index (χ3n) is 1.49. The van der Waals surface area contributed by atoms with E-state index in [9.17, 15) is 9.59 Å². The number of hydrogen-bond donors (Lipinski definition) is 2. The fourth-order valence-corrected chi connectivity index (χ4v) is 1.48. The minimum absolute atomic E-state index is 0.261. The van der Waals surface area contributed by atoms with E-state index in [4.69, 9.17) is 5.11 Å². The predicted molar refractivity (Wildman–Crippen MR) is 51.1 cm³/mol. The average molecular weight is 214 g/mol. The number of carbonyl (C=O) groups excluding carboxylic acids is 1. The van der Waals surface area contributed by atoms with E-state index in [0.717, 1.165) is 5.01 Å². The van der Waals surface area contributed by atoms with E-state index in [2.05, 4.69) is 10.3 Å². The zero-order valence-corrected chi connectivity index (χ0v) is 8.21. The Morgan fingerprint density at radius 3 is 2.93 bits per heavy atom. The second-order valence-corrected chi connectivity index (χ2v) is 3.58. The molecule has 0 aliphatic heterocycles. The van der Waals surface area contributed by atoms with E-state index in [1.807, 2.05) is 5.38 Å². The lowest BCUT2D eigenvalue weighted by Gasteiger charge is -1.99. The van der Waals surface area contributed by atoms with Gasteiger partial charge in [-0.1, -0.05) is 0 Å². The Kier molecular flexibility index (Phi) is 4.06. The summed E-state index contributed by atoms with van der Waals surface area (Å²) >= 11 is 1.48. The lowest BCUT2D eigenvalue weighted by atomic mass is 10.3. The first kappa shape index (κ1) is 10.6. The van der Waals surface area contributed by atoms with Gasteiger partial charge in [-0.15, -0.1) is 11.3 Å². The minimum atomic E-state index is -1.03. The van der Waals surface area contributed by atoms with Crippen molar-refractivity contribution in [2.75, 3.05) is 6.54 Å². The molecule has 1 aromatic rings. The van der Waals surface area contributed by atoms with E-state index >= 15 is 0 Å². The van der Waals surface area contributed by atoms with Crippen molar-refractivity contribution in [2.24, 2.45) is 0 Å². The van der Waals surface area contributed by atoms with Gasteiger partial charge in [0.15, 0.2) is 0 Å². The molecule has 0 saturated carbocycles. The Morgan fingerprint density at radius 2 is 2.36 bits per heavy atom. The molecular weight excluding hydrogens is 204 g/mol. The van der Waals surface area contributed by atoms with Gasteiger partial charge in [0.2, 0.25) is 5.91 Å². The summed E-state index contributed by atoms with van der Waals surface area (Å²) in [7, 11) is 0. The molecule has 2 N–H and O–H groups in total. The zero-order valence-electron chi connectivity index (χ0n) is 7.40. The number of rotatable bonds is 5. The third kappa shape index (κ3) is 3.99. The van der Waals surface area contributed by atoms with Gasteiger partial charge in [-0.05, 0) is 0 Å². The van der Waals surface area contributed by atoms with Crippen LogP contribution in [0.2, 0.25) is 0 Å². The number of carboxylic acid groups (broad SMARTS) is 1. The highest BCUT2D eigenvalue weighted by atomic mass is 32.1. The van der Waals surface area contributed by atoms with Gasteiger partial charge < -0.3 is 10.4 Å². The lowest BCUT2D eigenvalue weighted by molar-refractivity contribution is -0.137. The molecule has 0 saturated heterocycles. The van der Waals surface area contributed by atoms with Gasteiger partial charge in [-0.3, -0.25) is 9.59 Å². The molecule has 0 spiro atoms. The summed E-state index contributed by atoms with van der Waals surface area (Å²) in [6.07, 6.45) is 2.51. The van der Waals surface area contributed by atoms with Crippen LogP contribution in [0.5, 0.6) is 0 Å². The number of thiazole rings is 1. The van der Waals surface area contributed by atoms with E-state index in [1.54, 1.807) is 6.20 Å². The maximum Gasteiger partial charge on any atom is 0.322 e. The number of nitrogens with one attached hydrogen (secondary N) is 1. The monoisotopic (exact) mass is 214 g/mol. The minimum Gasteiger partial charge on any atom is -0.480 e. The number of hydrogen-bond acceptors (Lipinski definition) is 4. The fraction of sp³-hybridized carbons (Fsp3) is 0.375. The van der Waals surface area contributed by atoms with E-state index in [-0.39, 0.29) is 18.9 Å². The summed E-state index contributed by atoms with van der Waals surface area (Å²) in [5.74, 6) is -1.30. The number of aromatic nitrogens is 1. The number of carbonyl (C=O) groups is 2. The van der Waals surface area contributed by atoms with Gasteiger partial charge in [0.1, 0.15) is 6.54 Å². The zero-order chi connectivity index (χ0) is 10.4. The molecule has 76 valence electrons. The molecule has 5 nitrogen and oxygen atoms in total. The Bertz CT molecular complexity index is 310. The van der Waals surface area contributed by atoms with Crippen molar-refractivity contribution in [2.45, 2.75) is 12.8 Å². The molecule has 0 radical (unpaired) electrons. The van der Waals surface area contributed by atoms with Gasteiger partial charge >= 0.3 is 5.97 Å². The highest BCUT2D eigenvalue weighted by Crippen LogP contribution is 2.06. The first-order valence-electron chi connectivity index (χ1n) is 4.05. The first-order valence-corrected chi connectivity index (χ1v) is 4.93. The van der Waals surface area contributed by atoms with Crippen LogP contribution < -0.4 is 5.32 Å². The number of carboxylic acids is 1. The van der Waals surface area contributed by atoms with Crippen molar-refractivity contribution in [1.82, 2.24) is 10.3 Å². The van der Waals surface area contributed by atoms with Crippen molar-refractivity contribution in [3.8, 4) is 0 Å². The quantitative estimate of drug-likeness (QED) is 0.737. The predicted octanol–water partition coefficient (Wildman–Crippen LogP) is 0.277. The van der Waals surface area contributed by atoms with Crippen LogP contribution in [0.25, 0.3) is 0 Å². The van der Waals surface area contributed by atoms with Crippen LogP contribution in [0.4, 0.5) is 0 Å². The van der Waals surface area contributed by atoms with E-state index in [0.29, 0.717) is 6.42 Å². The molecule has 1 amide bonds. The van der Waals surface area contributed by atoms with Crippen molar-refractivity contribution in [1.29, 1.82) is 0 Å². The molecule has 0 unspecified atom stereocenters. The van der Waals surface area contributed by atoms with Crippen molar-refractivity contribution >= 4 is 23.2 Å². The molecule has 0 aliphatic carbocycles. The molecule has 0 aliphatic rings. The molecule has 1 aromatic heterocycles. The van der Waals surface area contributed by atoms with Crippen LogP contribution >= 0.6 is 11.3 Å². The number of aryl methyl sites for hydroxylation is 1. The highest BCUT2D eigenvalue weighted by molar-refractivity contribution is 7.09. The number of aliphatic carboxylic acids is 1. The fourth-order valence-electron chi connectivity index (χ4n) is 0.859. The normalized spacial score (nSPS) is 9.71. The van der Waals surface area contributed by atoms with E-state index < -0.39 is 5.97 Å². The molecule has 1 heterocycles. The second-order valence-electron chi connectivity index (χ2n) is 2.60. The van der Waals surface area contributed by atoms with Crippen LogP contribution in [-0.4, -0.2) is 28.5 Å². The molecule has 1 rings (SSSR count). The average Bonchev–Trinajstić information content (AvgIpc) is 2.63. The van der Waals surface area contributed by atoms with Crippen LogP contribution in [0.3, 0.4) is 0 Å². The SMILES string of the molecule is O=C(O)CNC(=O)CCc1nccs1. The summed E-state index contributed by atoms with van der Waals surface area (Å²) < 4.78 is 0. The van der Waals surface area contributed by atoms with Crippen LogP contribution in [0, 0.1) is 0 Å². The van der Waals surface area contributed by atoms with Crippen molar-refractivity contribution in [3.05, 3.63) is 16.6 Å². The Hall–Kier alpha value is -1.43. The van der Waals surface area contributed by atoms with Gasteiger partial charge in [0.25, 0.3) is 0 Å². The molecule has 0 fully saturated rings. The maximum atomic E-state index is 11.0. The molecule has 14 heavy (non-hydrogen) atoms. The van der Waals surface area contributed by atoms with Crippen molar-refractivity contribution < 1.29 is 14.7 Å². The molecule has 6 heteroatoms. The van der Waals surface area contributed by atoms with Crippen molar-refractivity contribution in [3.63, 3.8) is 0 Å². The first-order chi connectivity index (χ1) is 6.68. The largest absolute Gasteiger partial charge is 0.480 e. The smallest absolute Gasteiger partial charge is 0.322 e. The standard InChI is InChI=1S/C8H10N2O3S/c11-6(10-5-8(12)13)1-2-7-9-3-4-14-7/h3-4H,1-2,5H2,(H,10,11)(H,12,13).